The summed E-state index contributed by atoms with van der Waals surface area (Å²) in [6.07, 6.45) is 1.40. The largest absolute Gasteiger partial charge is 0.502 e. The highest BCUT2D eigenvalue weighted by molar-refractivity contribution is 5.94. The van der Waals surface area contributed by atoms with E-state index in [2.05, 4.69) is 20.7 Å². The summed E-state index contributed by atoms with van der Waals surface area (Å²) in [6, 6.07) is 10.0. The van der Waals surface area contributed by atoms with E-state index in [0.29, 0.717) is 22.8 Å². The molecule has 0 aliphatic heterocycles. The van der Waals surface area contributed by atoms with Crippen molar-refractivity contribution in [3.8, 4) is 40.0 Å². The summed E-state index contributed by atoms with van der Waals surface area (Å²) < 4.78 is 20.7. The van der Waals surface area contributed by atoms with Crippen molar-refractivity contribution >= 4 is 12.1 Å². The lowest BCUT2D eigenvalue weighted by atomic mass is 10.1. The van der Waals surface area contributed by atoms with E-state index in [1.54, 1.807) is 44.6 Å². The fourth-order valence-electron chi connectivity index (χ4n) is 2.80. The van der Waals surface area contributed by atoms with Gasteiger partial charge in [-0.2, -0.15) is 10.2 Å². The molecule has 0 saturated heterocycles. The van der Waals surface area contributed by atoms with Crippen molar-refractivity contribution in [2.75, 3.05) is 28.4 Å². The van der Waals surface area contributed by atoms with Crippen LogP contribution in [0.5, 0.6) is 28.7 Å². The van der Waals surface area contributed by atoms with Crippen molar-refractivity contribution in [3.63, 3.8) is 0 Å². The van der Waals surface area contributed by atoms with Crippen LogP contribution >= 0.6 is 0 Å². The SMILES string of the molecule is COc1ccc(-c2cc(C(=O)N/N=C\c3cc(OC)c(O)c(OC)c3)[nH]n2)cc1OC. The Morgan fingerprint density at radius 1 is 0.968 bits per heavy atom. The van der Waals surface area contributed by atoms with Gasteiger partial charge in [-0.15, -0.1) is 0 Å². The third kappa shape index (κ3) is 4.69. The van der Waals surface area contributed by atoms with E-state index in [4.69, 9.17) is 18.9 Å². The number of amides is 1. The average Bonchev–Trinajstić information content (AvgIpc) is 3.29. The first-order valence-electron chi connectivity index (χ1n) is 9.06. The number of benzene rings is 2. The first-order valence-corrected chi connectivity index (χ1v) is 9.06. The van der Waals surface area contributed by atoms with Crippen LogP contribution in [0.2, 0.25) is 0 Å². The molecule has 0 fully saturated rings. The number of nitrogens with one attached hydrogen (secondary N) is 2. The molecule has 3 aromatic rings. The van der Waals surface area contributed by atoms with Crippen LogP contribution in [-0.4, -0.2) is 55.9 Å². The number of aromatic nitrogens is 2. The Morgan fingerprint density at radius 3 is 2.23 bits per heavy atom. The van der Waals surface area contributed by atoms with Crippen molar-refractivity contribution in [2.45, 2.75) is 0 Å². The number of nitrogens with zero attached hydrogens (tertiary/aromatic N) is 2. The number of methoxy groups -OCH3 is 4. The molecule has 162 valence electrons. The normalized spacial score (nSPS) is 10.7. The molecule has 1 heterocycles. The van der Waals surface area contributed by atoms with Gasteiger partial charge < -0.3 is 24.1 Å². The van der Waals surface area contributed by atoms with E-state index in [9.17, 15) is 9.90 Å². The van der Waals surface area contributed by atoms with E-state index in [-0.39, 0.29) is 22.9 Å². The number of phenols is 1. The number of aromatic amines is 1. The Kier molecular flexibility index (Phi) is 6.61. The second-order valence-corrected chi connectivity index (χ2v) is 6.21. The lowest BCUT2D eigenvalue weighted by molar-refractivity contribution is 0.0950. The number of carbonyl (C=O) groups is 1. The van der Waals surface area contributed by atoms with Crippen molar-refractivity contribution in [3.05, 3.63) is 47.7 Å². The zero-order valence-corrected chi connectivity index (χ0v) is 17.4. The number of hydrazone groups is 1. The van der Waals surface area contributed by atoms with Crippen molar-refractivity contribution in [1.82, 2.24) is 15.6 Å². The summed E-state index contributed by atoms with van der Waals surface area (Å²) in [5.41, 5.74) is 4.50. The van der Waals surface area contributed by atoms with Crippen LogP contribution in [0.1, 0.15) is 16.1 Å². The fraction of sp³-hybridized carbons (Fsp3) is 0.190. The summed E-state index contributed by atoms with van der Waals surface area (Å²) in [5.74, 6) is 0.995. The lowest BCUT2D eigenvalue weighted by Crippen LogP contribution is -2.18. The van der Waals surface area contributed by atoms with E-state index in [0.717, 1.165) is 5.56 Å². The predicted molar refractivity (Wildman–Crippen MR) is 113 cm³/mol. The predicted octanol–water partition coefficient (Wildman–Crippen LogP) is 2.58. The maximum absolute atomic E-state index is 12.4. The number of aromatic hydroxyl groups is 1. The zero-order valence-electron chi connectivity index (χ0n) is 17.4. The van der Waals surface area contributed by atoms with Gasteiger partial charge in [0.15, 0.2) is 23.0 Å². The van der Waals surface area contributed by atoms with E-state index < -0.39 is 5.91 Å². The number of H-pyrrole nitrogens is 1. The molecule has 0 saturated carbocycles. The molecule has 0 aliphatic rings. The first kappa shape index (κ1) is 21.5. The van der Waals surface area contributed by atoms with Crippen LogP contribution in [0.25, 0.3) is 11.3 Å². The Hall–Kier alpha value is -4.21. The number of carbonyl (C=O) groups excluding carboxylic acids is 1. The van der Waals surface area contributed by atoms with Gasteiger partial charge in [0.05, 0.1) is 40.3 Å². The lowest BCUT2D eigenvalue weighted by Gasteiger charge is -2.09. The molecule has 0 spiro atoms. The van der Waals surface area contributed by atoms with Gasteiger partial charge in [0.1, 0.15) is 5.69 Å². The molecule has 3 N–H and O–H groups in total. The number of phenolic OH excluding ortho intramolecular Hbond substituents is 1. The van der Waals surface area contributed by atoms with Gasteiger partial charge in [0.25, 0.3) is 5.91 Å². The average molecular weight is 426 g/mol. The molecule has 0 unspecified atom stereocenters. The monoisotopic (exact) mass is 426 g/mol. The van der Waals surface area contributed by atoms with Gasteiger partial charge in [-0.3, -0.25) is 9.89 Å². The highest BCUT2D eigenvalue weighted by atomic mass is 16.5. The molecule has 0 atom stereocenters. The minimum atomic E-state index is -0.479. The van der Waals surface area contributed by atoms with Crippen molar-refractivity contribution in [2.24, 2.45) is 5.10 Å². The Morgan fingerprint density at radius 2 is 1.61 bits per heavy atom. The molecular weight excluding hydrogens is 404 g/mol. The standard InChI is InChI=1S/C21H22N4O6/c1-28-16-6-5-13(9-17(16)29-2)14-10-15(24-23-14)21(27)25-22-11-12-7-18(30-3)20(26)19(8-12)31-4/h5-11,26H,1-4H3,(H,23,24)(H,25,27)/b22-11-. The molecule has 31 heavy (non-hydrogen) atoms. The molecule has 3 rings (SSSR count). The fourth-order valence-corrected chi connectivity index (χ4v) is 2.80. The summed E-state index contributed by atoms with van der Waals surface area (Å²) in [6.45, 7) is 0. The second-order valence-electron chi connectivity index (χ2n) is 6.21. The smallest absolute Gasteiger partial charge is 0.289 e. The van der Waals surface area contributed by atoms with Gasteiger partial charge in [0.2, 0.25) is 5.75 Å². The molecule has 10 heteroatoms. The topological polar surface area (TPSA) is 127 Å². The number of rotatable bonds is 8. The highest BCUT2D eigenvalue weighted by Gasteiger charge is 2.13. The van der Waals surface area contributed by atoms with Gasteiger partial charge in [-0.25, -0.2) is 5.43 Å². The van der Waals surface area contributed by atoms with E-state index >= 15 is 0 Å². The van der Waals surface area contributed by atoms with Gasteiger partial charge in [0, 0.05) is 11.1 Å². The van der Waals surface area contributed by atoms with Crippen LogP contribution in [0, 0.1) is 0 Å². The van der Waals surface area contributed by atoms with Crippen LogP contribution in [0.15, 0.2) is 41.5 Å². The van der Waals surface area contributed by atoms with E-state index in [1.165, 1.54) is 20.4 Å². The zero-order chi connectivity index (χ0) is 22.4. The van der Waals surface area contributed by atoms with Crippen molar-refractivity contribution < 1.29 is 28.8 Å². The molecule has 1 aromatic heterocycles. The van der Waals surface area contributed by atoms with Crippen LogP contribution in [0.3, 0.4) is 0 Å². The Bertz CT molecular complexity index is 1080. The third-order valence-corrected chi connectivity index (χ3v) is 4.38. The minimum Gasteiger partial charge on any atom is -0.502 e. The summed E-state index contributed by atoms with van der Waals surface area (Å²) >= 11 is 0. The molecule has 2 aromatic carbocycles. The summed E-state index contributed by atoms with van der Waals surface area (Å²) in [5, 5.41) is 20.7. The number of hydrogen-bond donors (Lipinski definition) is 3. The van der Waals surface area contributed by atoms with Gasteiger partial charge >= 0.3 is 0 Å². The molecule has 10 nitrogen and oxygen atoms in total. The molecule has 0 bridgehead atoms. The van der Waals surface area contributed by atoms with Crippen molar-refractivity contribution in [1.29, 1.82) is 0 Å². The van der Waals surface area contributed by atoms with Gasteiger partial charge in [-0.1, -0.05) is 0 Å². The number of ether oxygens (including phenoxy) is 4. The second kappa shape index (κ2) is 9.53. The Labute approximate surface area is 178 Å². The maximum atomic E-state index is 12.4. The number of hydrogen-bond acceptors (Lipinski definition) is 8. The highest BCUT2D eigenvalue weighted by Crippen LogP contribution is 2.36. The Balaban J connectivity index is 1.72. The third-order valence-electron chi connectivity index (χ3n) is 4.38. The van der Waals surface area contributed by atoms with Crippen LogP contribution in [0.4, 0.5) is 0 Å². The van der Waals surface area contributed by atoms with Crippen LogP contribution in [-0.2, 0) is 0 Å². The molecular formula is C21H22N4O6. The van der Waals surface area contributed by atoms with E-state index in [1.807, 2.05) is 6.07 Å². The maximum Gasteiger partial charge on any atom is 0.289 e. The quantitative estimate of drug-likeness (QED) is 0.373. The molecule has 1 amide bonds. The first-order chi connectivity index (χ1) is 15.0. The molecule has 0 aliphatic carbocycles. The van der Waals surface area contributed by atoms with Gasteiger partial charge in [-0.05, 0) is 36.4 Å². The van der Waals surface area contributed by atoms with Crippen LogP contribution < -0.4 is 24.4 Å². The summed E-state index contributed by atoms with van der Waals surface area (Å²) in [4.78, 5) is 12.4. The minimum absolute atomic E-state index is 0.119. The molecule has 0 radical (unpaired) electrons. The summed E-state index contributed by atoms with van der Waals surface area (Å²) in [7, 11) is 5.94.